The molecule has 1 N–H and O–H groups in total. The first kappa shape index (κ1) is 17.5. The number of aryl methyl sites for hydroxylation is 1. The van der Waals surface area contributed by atoms with Crippen LogP contribution in [0.4, 0.5) is 5.69 Å². The number of carbonyl (C=O) groups is 1. The van der Waals surface area contributed by atoms with Crippen LogP contribution >= 0.6 is 0 Å². The van der Waals surface area contributed by atoms with Crippen LogP contribution in [0.5, 0.6) is 0 Å². The fourth-order valence-electron chi connectivity index (χ4n) is 3.54. The van der Waals surface area contributed by atoms with Gasteiger partial charge in [-0.05, 0) is 42.5 Å². The zero-order chi connectivity index (χ0) is 17.7. The molecule has 3 rings (SSSR count). The smallest absolute Gasteiger partial charge is 0.220 e. The SMILES string of the molecule is CN(C)c1ccc(CCC(=O)NCC2(c3ccccc3)CCC2)cc1. The highest BCUT2D eigenvalue weighted by Gasteiger charge is 2.38. The number of anilines is 1. The first-order chi connectivity index (χ1) is 12.1. The third kappa shape index (κ3) is 4.22. The Labute approximate surface area is 151 Å². The number of nitrogens with one attached hydrogen (secondary N) is 1. The topological polar surface area (TPSA) is 32.3 Å². The van der Waals surface area contributed by atoms with Gasteiger partial charge in [0.15, 0.2) is 0 Å². The summed E-state index contributed by atoms with van der Waals surface area (Å²) in [6.45, 7) is 0.759. The third-order valence-electron chi connectivity index (χ3n) is 5.41. The second kappa shape index (κ2) is 7.73. The summed E-state index contributed by atoms with van der Waals surface area (Å²) in [5.74, 6) is 0.152. The highest BCUT2D eigenvalue weighted by Crippen LogP contribution is 2.43. The van der Waals surface area contributed by atoms with Crippen molar-refractivity contribution in [2.45, 2.75) is 37.5 Å². The average molecular weight is 336 g/mol. The fourth-order valence-corrected chi connectivity index (χ4v) is 3.54. The van der Waals surface area contributed by atoms with E-state index in [0.717, 1.165) is 13.0 Å². The van der Waals surface area contributed by atoms with Crippen LogP contribution in [0.2, 0.25) is 0 Å². The Morgan fingerprint density at radius 2 is 1.72 bits per heavy atom. The second-order valence-electron chi connectivity index (χ2n) is 7.34. The lowest BCUT2D eigenvalue weighted by Crippen LogP contribution is -2.45. The molecule has 0 atom stereocenters. The van der Waals surface area contributed by atoms with Gasteiger partial charge in [-0.25, -0.2) is 0 Å². The number of carbonyl (C=O) groups excluding carboxylic acids is 1. The number of benzene rings is 2. The maximum absolute atomic E-state index is 12.3. The molecule has 1 aliphatic rings. The molecular formula is C22H28N2O. The second-order valence-corrected chi connectivity index (χ2v) is 7.34. The molecule has 3 heteroatoms. The van der Waals surface area contributed by atoms with E-state index < -0.39 is 0 Å². The highest BCUT2D eigenvalue weighted by atomic mass is 16.1. The molecule has 1 amide bonds. The normalized spacial score (nSPS) is 15.3. The lowest BCUT2D eigenvalue weighted by Gasteiger charge is -2.42. The van der Waals surface area contributed by atoms with Crippen molar-refractivity contribution in [3.05, 3.63) is 65.7 Å². The molecular weight excluding hydrogens is 308 g/mol. The van der Waals surface area contributed by atoms with E-state index in [0.29, 0.717) is 6.42 Å². The predicted molar refractivity (Wildman–Crippen MR) is 104 cm³/mol. The average Bonchev–Trinajstić information content (AvgIpc) is 2.60. The Morgan fingerprint density at radius 3 is 2.28 bits per heavy atom. The van der Waals surface area contributed by atoms with Crippen molar-refractivity contribution in [3.63, 3.8) is 0 Å². The van der Waals surface area contributed by atoms with Gasteiger partial charge < -0.3 is 10.2 Å². The van der Waals surface area contributed by atoms with Crippen LogP contribution in [0.25, 0.3) is 0 Å². The molecule has 1 fully saturated rings. The Kier molecular flexibility index (Phi) is 5.42. The summed E-state index contributed by atoms with van der Waals surface area (Å²) in [7, 11) is 4.07. The fraction of sp³-hybridized carbons (Fsp3) is 0.409. The Morgan fingerprint density at radius 1 is 1.04 bits per heavy atom. The molecule has 0 bridgehead atoms. The van der Waals surface area contributed by atoms with E-state index in [1.807, 2.05) is 14.1 Å². The van der Waals surface area contributed by atoms with Crippen LogP contribution in [0.15, 0.2) is 54.6 Å². The maximum atomic E-state index is 12.3. The number of hydrogen-bond acceptors (Lipinski definition) is 2. The van der Waals surface area contributed by atoms with Crippen molar-refractivity contribution >= 4 is 11.6 Å². The van der Waals surface area contributed by atoms with Gasteiger partial charge in [0.25, 0.3) is 0 Å². The van der Waals surface area contributed by atoms with Crippen molar-refractivity contribution in [1.82, 2.24) is 5.32 Å². The van der Waals surface area contributed by atoms with Gasteiger partial charge in [0.1, 0.15) is 0 Å². The monoisotopic (exact) mass is 336 g/mol. The van der Waals surface area contributed by atoms with E-state index in [-0.39, 0.29) is 11.3 Å². The van der Waals surface area contributed by atoms with Crippen LogP contribution in [-0.4, -0.2) is 26.5 Å². The summed E-state index contributed by atoms with van der Waals surface area (Å²) in [6.07, 6.45) is 4.93. The molecule has 132 valence electrons. The molecule has 25 heavy (non-hydrogen) atoms. The number of nitrogens with zero attached hydrogens (tertiary/aromatic N) is 1. The van der Waals surface area contributed by atoms with Gasteiger partial charge in [0.2, 0.25) is 5.91 Å². The molecule has 0 spiro atoms. The van der Waals surface area contributed by atoms with Gasteiger partial charge in [-0.2, -0.15) is 0 Å². The van der Waals surface area contributed by atoms with Crippen LogP contribution in [0.1, 0.15) is 36.8 Å². The lowest BCUT2D eigenvalue weighted by molar-refractivity contribution is -0.121. The third-order valence-corrected chi connectivity index (χ3v) is 5.41. The van der Waals surface area contributed by atoms with Gasteiger partial charge in [-0.3, -0.25) is 4.79 Å². The molecule has 0 heterocycles. The zero-order valence-corrected chi connectivity index (χ0v) is 15.3. The van der Waals surface area contributed by atoms with Gasteiger partial charge in [-0.1, -0.05) is 48.9 Å². The summed E-state index contributed by atoms with van der Waals surface area (Å²) >= 11 is 0. The van der Waals surface area contributed by atoms with Crippen molar-refractivity contribution in [1.29, 1.82) is 0 Å². The molecule has 0 aromatic heterocycles. The molecule has 1 aliphatic carbocycles. The van der Waals surface area contributed by atoms with E-state index in [9.17, 15) is 4.79 Å². The van der Waals surface area contributed by atoms with Gasteiger partial charge in [-0.15, -0.1) is 0 Å². The molecule has 1 saturated carbocycles. The quantitative estimate of drug-likeness (QED) is 0.831. The summed E-state index contributed by atoms with van der Waals surface area (Å²) in [5, 5.41) is 3.18. The summed E-state index contributed by atoms with van der Waals surface area (Å²) in [4.78, 5) is 14.4. The van der Waals surface area contributed by atoms with Gasteiger partial charge >= 0.3 is 0 Å². The molecule has 0 aliphatic heterocycles. The zero-order valence-electron chi connectivity index (χ0n) is 15.3. The summed E-state index contributed by atoms with van der Waals surface area (Å²) < 4.78 is 0. The van der Waals surface area contributed by atoms with Crippen molar-refractivity contribution in [2.75, 3.05) is 25.5 Å². The largest absolute Gasteiger partial charge is 0.378 e. The van der Waals surface area contributed by atoms with E-state index in [1.54, 1.807) is 0 Å². The van der Waals surface area contributed by atoms with Crippen LogP contribution in [0, 0.1) is 0 Å². The summed E-state index contributed by atoms with van der Waals surface area (Å²) in [5.41, 5.74) is 3.91. The molecule has 0 unspecified atom stereocenters. The number of hydrogen-bond donors (Lipinski definition) is 1. The van der Waals surface area contributed by atoms with Gasteiger partial charge in [0, 0.05) is 38.2 Å². The van der Waals surface area contributed by atoms with E-state index in [2.05, 4.69) is 64.8 Å². The standard InChI is InChI=1S/C22H28N2O/c1-24(2)20-12-9-18(10-13-20)11-14-21(25)23-17-22(15-6-16-22)19-7-4-3-5-8-19/h3-5,7-10,12-13H,6,11,14-17H2,1-2H3,(H,23,25). The molecule has 0 radical (unpaired) electrons. The van der Waals surface area contributed by atoms with Crippen molar-refractivity contribution in [2.24, 2.45) is 0 Å². The minimum atomic E-state index is 0.152. The predicted octanol–water partition coefficient (Wildman–Crippen LogP) is 3.92. The molecule has 2 aromatic carbocycles. The van der Waals surface area contributed by atoms with Crippen LogP contribution < -0.4 is 10.2 Å². The minimum Gasteiger partial charge on any atom is -0.378 e. The minimum absolute atomic E-state index is 0.152. The Bertz CT molecular complexity index is 688. The highest BCUT2D eigenvalue weighted by molar-refractivity contribution is 5.76. The molecule has 0 saturated heterocycles. The Balaban J connectivity index is 1.49. The Hall–Kier alpha value is -2.29. The van der Waals surface area contributed by atoms with E-state index in [4.69, 9.17) is 0 Å². The first-order valence-electron chi connectivity index (χ1n) is 9.18. The van der Waals surface area contributed by atoms with E-state index >= 15 is 0 Å². The number of rotatable bonds is 7. The summed E-state index contributed by atoms with van der Waals surface area (Å²) in [6, 6.07) is 19.0. The van der Waals surface area contributed by atoms with Crippen molar-refractivity contribution in [3.8, 4) is 0 Å². The van der Waals surface area contributed by atoms with Crippen LogP contribution in [0.3, 0.4) is 0 Å². The number of amides is 1. The molecule has 3 nitrogen and oxygen atoms in total. The van der Waals surface area contributed by atoms with Crippen LogP contribution in [-0.2, 0) is 16.6 Å². The van der Waals surface area contributed by atoms with E-state index in [1.165, 1.54) is 36.1 Å². The first-order valence-corrected chi connectivity index (χ1v) is 9.18. The van der Waals surface area contributed by atoms with Gasteiger partial charge in [0.05, 0.1) is 0 Å². The molecule has 2 aromatic rings. The van der Waals surface area contributed by atoms with Crippen molar-refractivity contribution < 1.29 is 4.79 Å². The maximum Gasteiger partial charge on any atom is 0.220 e. The lowest BCUT2D eigenvalue weighted by atomic mass is 9.64.